The first-order valence-electron chi connectivity index (χ1n) is 9.49. The zero-order valence-electron chi connectivity index (χ0n) is 19.4. The van der Waals surface area contributed by atoms with Crippen molar-refractivity contribution >= 4 is 22.4 Å². The molecule has 6 nitrogen and oxygen atoms in total. The monoisotopic (exact) mass is 422 g/mol. The van der Waals surface area contributed by atoms with Crippen LogP contribution in [0.25, 0.3) is 0 Å². The van der Waals surface area contributed by atoms with Gasteiger partial charge in [-0.2, -0.15) is 0 Å². The highest BCUT2D eigenvalue weighted by Crippen LogP contribution is 2.39. The fourth-order valence-electron chi connectivity index (χ4n) is 1.89. The molecule has 0 rings (SSSR count). The van der Waals surface area contributed by atoms with Crippen LogP contribution in [0.2, 0.25) is 36.3 Å². The summed E-state index contributed by atoms with van der Waals surface area (Å²) in [6.07, 6.45) is -3.23. The average molecular weight is 423 g/mol. The maximum atomic E-state index is 13.0. The fourth-order valence-corrected chi connectivity index (χ4v) is 4.08. The van der Waals surface area contributed by atoms with Crippen LogP contribution >= 0.6 is 0 Å². The molecule has 0 aliphatic carbocycles. The first kappa shape index (κ1) is 26.9. The molecule has 8 heteroatoms. The van der Waals surface area contributed by atoms with E-state index < -0.39 is 35.1 Å². The van der Waals surface area contributed by atoms with Gasteiger partial charge in [0.25, 0.3) is 0 Å². The number of aliphatic hydroxyl groups excluding tert-OH is 1. The number of ketones is 1. The van der Waals surface area contributed by atoms with Crippen molar-refractivity contribution in [2.45, 2.75) is 96.3 Å². The highest BCUT2D eigenvalue weighted by atomic mass is 28.4. The van der Waals surface area contributed by atoms with Gasteiger partial charge >= 0.3 is 0 Å². The Labute approximate surface area is 168 Å². The molecule has 0 aliphatic heterocycles. The molecule has 27 heavy (non-hydrogen) atoms. The molecule has 0 saturated heterocycles. The summed E-state index contributed by atoms with van der Waals surface area (Å²) >= 11 is 0. The molecule has 0 fully saturated rings. The highest BCUT2D eigenvalue weighted by Gasteiger charge is 2.45. The van der Waals surface area contributed by atoms with Gasteiger partial charge < -0.3 is 23.4 Å². The predicted molar refractivity (Wildman–Crippen MR) is 114 cm³/mol. The smallest absolute Gasteiger partial charge is 0.193 e. The zero-order chi connectivity index (χ0) is 21.8. The number of carbonyl (C=O) groups excluding carboxylic acids is 1. The Balaban J connectivity index is 5.56. The summed E-state index contributed by atoms with van der Waals surface area (Å²) in [4.78, 5) is 13.0. The third kappa shape index (κ3) is 7.34. The molecule has 0 heterocycles. The van der Waals surface area contributed by atoms with Crippen LogP contribution in [0.5, 0.6) is 0 Å². The Morgan fingerprint density at radius 2 is 1.30 bits per heavy atom. The number of rotatable bonds is 10. The molecule has 0 radical (unpaired) electrons. The number of methoxy groups -OCH3 is 2. The van der Waals surface area contributed by atoms with Gasteiger partial charge in [-0.05, 0) is 36.3 Å². The summed E-state index contributed by atoms with van der Waals surface area (Å²) in [5.74, 6) is -0.281. The SMILES string of the molecule is COC(OC)[C@H](O)[C@@H](O[Si](C)(C)C(C)(C)C)C(=O)CO[Si](C)(C)C(C)(C)C. The van der Waals surface area contributed by atoms with Crippen LogP contribution in [-0.4, -0.2) is 66.8 Å². The van der Waals surface area contributed by atoms with Gasteiger partial charge in [-0.15, -0.1) is 0 Å². The van der Waals surface area contributed by atoms with Crippen LogP contribution in [0.15, 0.2) is 0 Å². The molecule has 0 spiro atoms. The van der Waals surface area contributed by atoms with Crippen LogP contribution in [0.1, 0.15) is 41.5 Å². The van der Waals surface area contributed by atoms with E-state index >= 15 is 0 Å². The molecule has 162 valence electrons. The summed E-state index contributed by atoms with van der Waals surface area (Å²) in [6.45, 7) is 20.8. The molecule has 2 atom stereocenters. The molecule has 0 aromatic rings. The molecule has 0 unspecified atom stereocenters. The Morgan fingerprint density at radius 1 is 0.889 bits per heavy atom. The molecule has 0 aromatic carbocycles. The van der Waals surface area contributed by atoms with Crippen molar-refractivity contribution in [2.75, 3.05) is 20.8 Å². The maximum absolute atomic E-state index is 13.0. The lowest BCUT2D eigenvalue weighted by atomic mass is 10.1. The highest BCUT2D eigenvalue weighted by molar-refractivity contribution is 6.74. The van der Waals surface area contributed by atoms with Crippen molar-refractivity contribution < 1.29 is 28.2 Å². The second-order valence-corrected chi connectivity index (χ2v) is 19.7. The van der Waals surface area contributed by atoms with Crippen molar-refractivity contribution in [3.63, 3.8) is 0 Å². The van der Waals surface area contributed by atoms with Crippen molar-refractivity contribution in [2.24, 2.45) is 0 Å². The maximum Gasteiger partial charge on any atom is 0.193 e. The van der Waals surface area contributed by atoms with Gasteiger partial charge in [0.2, 0.25) is 0 Å². The first-order chi connectivity index (χ1) is 11.9. The fraction of sp³-hybridized carbons (Fsp3) is 0.947. The van der Waals surface area contributed by atoms with E-state index in [0.29, 0.717) is 0 Å². The Hall–Kier alpha value is -0.0962. The van der Waals surface area contributed by atoms with Crippen LogP contribution in [-0.2, 0) is 23.1 Å². The van der Waals surface area contributed by atoms with Crippen molar-refractivity contribution in [1.82, 2.24) is 0 Å². The van der Waals surface area contributed by atoms with E-state index in [1.165, 1.54) is 14.2 Å². The van der Waals surface area contributed by atoms with E-state index in [2.05, 4.69) is 54.6 Å². The van der Waals surface area contributed by atoms with E-state index in [0.717, 1.165) is 0 Å². The third-order valence-electron chi connectivity index (χ3n) is 5.98. The van der Waals surface area contributed by atoms with Gasteiger partial charge in [0, 0.05) is 14.2 Å². The van der Waals surface area contributed by atoms with Crippen LogP contribution in [0.4, 0.5) is 0 Å². The molecule has 0 aromatic heterocycles. The van der Waals surface area contributed by atoms with Crippen molar-refractivity contribution in [1.29, 1.82) is 0 Å². The lowest BCUT2D eigenvalue weighted by molar-refractivity contribution is -0.190. The molecule has 0 saturated carbocycles. The van der Waals surface area contributed by atoms with E-state index in [4.69, 9.17) is 18.3 Å². The van der Waals surface area contributed by atoms with Crippen molar-refractivity contribution in [3.8, 4) is 0 Å². The van der Waals surface area contributed by atoms with Gasteiger partial charge in [0.1, 0.15) is 12.2 Å². The van der Waals surface area contributed by atoms with E-state index in [1.54, 1.807) is 0 Å². The predicted octanol–water partition coefficient (Wildman–Crippen LogP) is 3.95. The minimum atomic E-state index is -2.31. The minimum absolute atomic E-state index is 0.0106. The second-order valence-electron chi connectivity index (χ2n) is 10.1. The first-order valence-corrected chi connectivity index (χ1v) is 15.3. The lowest BCUT2D eigenvalue weighted by Gasteiger charge is -2.41. The standard InChI is InChI=1S/C19H42O6Si2/c1-18(2,3)26(9,10)24-13-14(20)16(15(21)17(22-7)23-8)25-27(11,12)19(4,5)6/h15-17,21H,13H2,1-12H3/t15-,16+/m1/s1. The molecular weight excluding hydrogens is 380 g/mol. The summed E-state index contributed by atoms with van der Waals surface area (Å²) in [7, 11) is -1.55. The van der Waals surface area contributed by atoms with E-state index in [1.807, 2.05) is 13.1 Å². The molecule has 0 bridgehead atoms. The molecule has 0 amide bonds. The van der Waals surface area contributed by atoms with Crippen LogP contribution in [0, 0.1) is 0 Å². The number of hydrogen-bond acceptors (Lipinski definition) is 6. The lowest BCUT2D eigenvalue weighted by Crippen LogP contribution is -2.55. The van der Waals surface area contributed by atoms with E-state index in [-0.39, 0.29) is 22.5 Å². The quantitative estimate of drug-likeness (QED) is 0.424. The topological polar surface area (TPSA) is 74.2 Å². The van der Waals surface area contributed by atoms with Crippen LogP contribution in [0.3, 0.4) is 0 Å². The van der Waals surface area contributed by atoms with Gasteiger partial charge in [-0.1, -0.05) is 41.5 Å². The summed E-state index contributed by atoms with van der Waals surface area (Å²) < 4.78 is 22.7. The minimum Gasteiger partial charge on any atom is -0.409 e. The largest absolute Gasteiger partial charge is 0.409 e. The number of Topliss-reactive ketones (excluding diaryl/α,β-unsaturated/α-hetero) is 1. The third-order valence-corrected chi connectivity index (χ3v) is 14.9. The van der Waals surface area contributed by atoms with Gasteiger partial charge in [-0.25, -0.2) is 0 Å². The Morgan fingerprint density at radius 3 is 1.63 bits per heavy atom. The Kier molecular flexibility index (Phi) is 9.57. The number of carbonyl (C=O) groups is 1. The zero-order valence-corrected chi connectivity index (χ0v) is 21.4. The molecular formula is C19H42O6Si2. The van der Waals surface area contributed by atoms with Gasteiger partial charge in [0.15, 0.2) is 28.7 Å². The van der Waals surface area contributed by atoms with Gasteiger partial charge in [0.05, 0.1) is 6.61 Å². The molecule has 1 N–H and O–H groups in total. The number of hydrogen-bond donors (Lipinski definition) is 1. The summed E-state index contributed by atoms with van der Waals surface area (Å²) in [5.41, 5.74) is 0. The Bertz CT molecular complexity index is 476. The number of ether oxygens (including phenoxy) is 2. The summed E-state index contributed by atoms with van der Waals surface area (Å²) in [6, 6.07) is 0. The normalized spacial score (nSPS) is 16.5. The second kappa shape index (κ2) is 9.60. The van der Waals surface area contributed by atoms with Crippen molar-refractivity contribution in [3.05, 3.63) is 0 Å². The van der Waals surface area contributed by atoms with Crippen LogP contribution < -0.4 is 0 Å². The summed E-state index contributed by atoms with van der Waals surface area (Å²) in [5, 5.41) is 10.6. The average Bonchev–Trinajstić information content (AvgIpc) is 2.49. The number of aliphatic hydroxyl groups is 1. The van der Waals surface area contributed by atoms with Gasteiger partial charge in [-0.3, -0.25) is 4.79 Å². The molecule has 0 aliphatic rings. The van der Waals surface area contributed by atoms with E-state index in [9.17, 15) is 9.90 Å².